The van der Waals surface area contributed by atoms with Gasteiger partial charge in [-0.2, -0.15) is 0 Å². The van der Waals surface area contributed by atoms with Gasteiger partial charge in [0.15, 0.2) is 0 Å². The Morgan fingerprint density at radius 1 is 1.19 bits per heavy atom. The van der Waals surface area contributed by atoms with Crippen molar-refractivity contribution in [2.45, 2.75) is 6.42 Å². The van der Waals surface area contributed by atoms with Crippen LogP contribution < -0.4 is 0 Å². The average Bonchev–Trinajstić information content (AvgIpc) is 2.89. The molecule has 0 fully saturated rings. The first-order chi connectivity index (χ1) is 10.3. The molecule has 1 aliphatic rings. The Hall–Kier alpha value is -2.69. The number of hydrogen-bond donors (Lipinski definition) is 0. The van der Waals surface area contributed by atoms with E-state index in [0.29, 0.717) is 6.42 Å². The molecule has 0 spiro atoms. The van der Waals surface area contributed by atoms with Crippen LogP contribution in [0.2, 0.25) is 0 Å². The minimum absolute atomic E-state index is 0.635. The lowest BCUT2D eigenvalue weighted by Crippen LogP contribution is -2.33. The van der Waals surface area contributed by atoms with Gasteiger partial charge in [-0.25, -0.2) is 4.99 Å². The number of benzene rings is 1. The highest BCUT2D eigenvalue weighted by molar-refractivity contribution is 5.88. The number of fused-ring (bicyclic) bond motifs is 3. The lowest BCUT2D eigenvalue weighted by atomic mass is 10.2. The molecule has 5 nitrogen and oxygen atoms in total. The van der Waals surface area contributed by atoms with E-state index < -0.39 is 0 Å². The van der Waals surface area contributed by atoms with E-state index in [-0.39, 0.29) is 0 Å². The molecule has 0 aliphatic carbocycles. The molecule has 1 aliphatic heterocycles. The predicted molar refractivity (Wildman–Crippen MR) is 84.1 cm³/mol. The molecule has 0 atom stereocenters. The molecule has 3 rings (SSSR count). The zero-order valence-corrected chi connectivity index (χ0v) is 11.8. The van der Waals surface area contributed by atoms with Crippen LogP contribution in [-0.2, 0) is 6.42 Å². The van der Waals surface area contributed by atoms with Crippen molar-refractivity contribution in [1.29, 1.82) is 0 Å². The van der Waals surface area contributed by atoms with E-state index in [1.165, 1.54) is 0 Å². The van der Waals surface area contributed by atoms with E-state index in [4.69, 9.17) is 4.99 Å². The molecule has 1 aromatic carbocycles. The van der Waals surface area contributed by atoms with Gasteiger partial charge in [0.2, 0.25) is 0 Å². The van der Waals surface area contributed by atoms with Gasteiger partial charge >= 0.3 is 0 Å². The van der Waals surface area contributed by atoms with Gasteiger partial charge in [0.25, 0.3) is 0 Å². The summed E-state index contributed by atoms with van der Waals surface area (Å²) in [7, 11) is 0. The maximum absolute atomic E-state index is 4.82. The van der Waals surface area contributed by atoms with Gasteiger partial charge in [0, 0.05) is 13.1 Å². The molecule has 0 radical (unpaired) electrons. The third kappa shape index (κ3) is 2.50. The van der Waals surface area contributed by atoms with Crippen LogP contribution in [-0.4, -0.2) is 38.6 Å². The van der Waals surface area contributed by atoms with Gasteiger partial charge in [0.1, 0.15) is 18.0 Å². The Balaban J connectivity index is 2.10. The van der Waals surface area contributed by atoms with E-state index in [0.717, 1.165) is 36.1 Å². The number of aliphatic imine (C=N–C) groups is 1. The first-order valence-electron chi connectivity index (χ1n) is 6.86. The van der Waals surface area contributed by atoms with Gasteiger partial charge in [-0.3, -0.25) is 4.57 Å². The van der Waals surface area contributed by atoms with Gasteiger partial charge in [0.05, 0.1) is 17.8 Å². The molecular formula is C16H17N5. The number of aromatic nitrogens is 3. The number of hydrogen-bond acceptors (Lipinski definition) is 4. The number of para-hydroxylation sites is 2. The molecular weight excluding hydrogens is 262 g/mol. The standard InChI is InChI=1S/C16H17N5/c1-3-9-20(10-4-2)15-11-16-19-17-12-21(16)14-8-6-5-7-13(14)18-15/h3-8,12H,1-2,9-11H2. The molecule has 0 N–H and O–H groups in total. The molecule has 0 bridgehead atoms. The molecule has 21 heavy (non-hydrogen) atoms. The molecule has 0 unspecified atom stereocenters. The van der Waals surface area contributed by atoms with Crippen LogP contribution in [0.25, 0.3) is 5.69 Å². The van der Waals surface area contributed by atoms with Gasteiger partial charge in [-0.15, -0.1) is 23.4 Å². The summed E-state index contributed by atoms with van der Waals surface area (Å²) in [5.41, 5.74) is 1.92. The largest absolute Gasteiger partial charge is 0.352 e. The third-order valence-electron chi connectivity index (χ3n) is 3.39. The SMILES string of the molecule is C=CCN(CC=C)C1=Nc2ccccc2-n2cnnc2C1. The van der Waals surface area contributed by atoms with Crippen molar-refractivity contribution in [3.63, 3.8) is 0 Å². The molecule has 2 heterocycles. The number of nitrogens with zero attached hydrogens (tertiary/aromatic N) is 5. The van der Waals surface area contributed by atoms with E-state index in [1.54, 1.807) is 6.33 Å². The Kier molecular flexibility index (Phi) is 3.64. The van der Waals surface area contributed by atoms with Crippen molar-refractivity contribution in [2.24, 2.45) is 4.99 Å². The van der Waals surface area contributed by atoms with Crippen molar-refractivity contribution >= 4 is 11.5 Å². The van der Waals surface area contributed by atoms with Crippen LogP contribution in [0.3, 0.4) is 0 Å². The summed E-state index contributed by atoms with van der Waals surface area (Å²) in [5.74, 6) is 1.84. The van der Waals surface area contributed by atoms with E-state index in [1.807, 2.05) is 41.0 Å². The summed E-state index contributed by atoms with van der Waals surface area (Å²) in [5, 5.41) is 8.25. The molecule has 106 valence electrons. The molecule has 1 aromatic heterocycles. The molecule has 0 saturated heterocycles. The Bertz CT molecular complexity index is 688. The third-order valence-corrected chi connectivity index (χ3v) is 3.39. The van der Waals surface area contributed by atoms with Gasteiger partial charge < -0.3 is 4.90 Å². The van der Waals surface area contributed by atoms with Crippen molar-refractivity contribution in [3.05, 3.63) is 61.7 Å². The summed E-state index contributed by atoms with van der Waals surface area (Å²) in [6, 6.07) is 8.01. The summed E-state index contributed by atoms with van der Waals surface area (Å²) >= 11 is 0. The second kappa shape index (κ2) is 5.75. The Labute approximate surface area is 124 Å². The fraction of sp³-hybridized carbons (Fsp3) is 0.188. The highest BCUT2D eigenvalue weighted by Crippen LogP contribution is 2.27. The van der Waals surface area contributed by atoms with Crippen molar-refractivity contribution < 1.29 is 0 Å². The quantitative estimate of drug-likeness (QED) is 0.808. The van der Waals surface area contributed by atoms with Crippen LogP contribution in [0.5, 0.6) is 0 Å². The highest BCUT2D eigenvalue weighted by atomic mass is 15.3. The topological polar surface area (TPSA) is 46.3 Å². The maximum Gasteiger partial charge on any atom is 0.145 e. The lowest BCUT2D eigenvalue weighted by molar-refractivity contribution is 0.503. The van der Waals surface area contributed by atoms with Crippen LogP contribution in [0, 0.1) is 0 Å². The van der Waals surface area contributed by atoms with E-state index in [2.05, 4.69) is 28.3 Å². The Morgan fingerprint density at radius 2 is 1.95 bits per heavy atom. The van der Waals surface area contributed by atoms with E-state index >= 15 is 0 Å². The normalized spacial score (nSPS) is 12.7. The minimum Gasteiger partial charge on any atom is -0.352 e. The predicted octanol–water partition coefficient (Wildman–Crippen LogP) is 2.53. The minimum atomic E-state index is 0.635. The molecule has 5 heteroatoms. The van der Waals surface area contributed by atoms with Crippen molar-refractivity contribution in [3.8, 4) is 5.69 Å². The molecule has 0 amide bonds. The smallest absolute Gasteiger partial charge is 0.145 e. The second-order valence-electron chi connectivity index (χ2n) is 4.79. The number of amidine groups is 1. The summed E-state index contributed by atoms with van der Waals surface area (Å²) in [6.07, 6.45) is 6.11. The van der Waals surface area contributed by atoms with E-state index in [9.17, 15) is 0 Å². The van der Waals surface area contributed by atoms with Crippen LogP contribution in [0.1, 0.15) is 5.82 Å². The first kappa shape index (κ1) is 13.3. The van der Waals surface area contributed by atoms with Crippen LogP contribution >= 0.6 is 0 Å². The van der Waals surface area contributed by atoms with Gasteiger partial charge in [-0.05, 0) is 12.1 Å². The fourth-order valence-electron chi connectivity index (χ4n) is 2.44. The highest BCUT2D eigenvalue weighted by Gasteiger charge is 2.20. The van der Waals surface area contributed by atoms with Gasteiger partial charge in [-0.1, -0.05) is 24.3 Å². The van der Waals surface area contributed by atoms with Crippen molar-refractivity contribution in [2.75, 3.05) is 13.1 Å². The fourth-order valence-corrected chi connectivity index (χ4v) is 2.44. The second-order valence-corrected chi connectivity index (χ2v) is 4.79. The Morgan fingerprint density at radius 3 is 2.71 bits per heavy atom. The van der Waals surface area contributed by atoms with Crippen molar-refractivity contribution in [1.82, 2.24) is 19.7 Å². The zero-order chi connectivity index (χ0) is 14.7. The molecule has 2 aromatic rings. The maximum atomic E-state index is 4.82. The monoisotopic (exact) mass is 279 g/mol. The van der Waals surface area contributed by atoms with Crippen LogP contribution in [0.4, 0.5) is 5.69 Å². The first-order valence-corrected chi connectivity index (χ1v) is 6.86. The average molecular weight is 279 g/mol. The summed E-state index contributed by atoms with van der Waals surface area (Å²) in [6.45, 7) is 9.08. The zero-order valence-electron chi connectivity index (χ0n) is 11.8. The van der Waals surface area contributed by atoms with Crippen LogP contribution in [0.15, 0.2) is 60.9 Å². The summed E-state index contributed by atoms with van der Waals surface area (Å²) < 4.78 is 1.99. The molecule has 0 saturated carbocycles. The number of rotatable bonds is 4. The lowest BCUT2D eigenvalue weighted by Gasteiger charge is -2.22. The summed E-state index contributed by atoms with van der Waals surface area (Å²) in [4.78, 5) is 6.96.